The van der Waals surface area contributed by atoms with Crippen molar-refractivity contribution in [2.45, 2.75) is 83.4 Å². The predicted molar refractivity (Wildman–Crippen MR) is 95.1 cm³/mol. The van der Waals surface area contributed by atoms with Crippen LogP contribution in [0.3, 0.4) is 0 Å². The maximum atomic E-state index is 17.2. The van der Waals surface area contributed by atoms with Crippen LogP contribution in [0, 0.1) is 28.1 Å². The molecule has 1 N–H and O–H groups in total. The summed E-state index contributed by atoms with van der Waals surface area (Å²) in [6.45, 7) is 4.09. The molecule has 26 heavy (non-hydrogen) atoms. The number of aliphatic hydroxyl groups is 1. The second-order valence-electron chi connectivity index (χ2n) is 10.2. The highest BCUT2D eigenvalue weighted by Gasteiger charge is 2.77. The van der Waals surface area contributed by atoms with Crippen LogP contribution in [-0.2, 0) is 9.59 Å². The van der Waals surface area contributed by atoms with E-state index in [2.05, 4.69) is 6.92 Å². The number of allylic oxidation sites excluding steroid dienone is 1. The van der Waals surface area contributed by atoms with E-state index in [4.69, 9.17) is 0 Å². The largest absolute Gasteiger partial charge is 0.390 e. The summed E-state index contributed by atoms with van der Waals surface area (Å²) < 4.78 is 17.2. The molecule has 7 atom stereocenters. The number of halogens is 1. The van der Waals surface area contributed by atoms with Gasteiger partial charge in [-0.3, -0.25) is 9.59 Å². The van der Waals surface area contributed by atoms with Gasteiger partial charge in [0, 0.05) is 29.6 Å². The van der Waals surface area contributed by atoms with Gasteiger partial charge < -0.3 is 5.11 Å². The molecule has 0 radical (unpaired) electrons. The lowest BCUT2D eigenvalue weighted by Crippen LogP contribution is -2.74. The lowest BCUT2D eigenvalue weighted by molar-refractivity contribution is -0.239. The summed E-state index contributed by atoms with van der Waals surface area (Å²) in [6, 6.07) is 0. The fourth-order valence-corrected chi connectivity index (χ4v) is 8.11. The van der Waals surface area contributed by atoms with Crippen LogP contribution in [0.1, 0.15) is 71.6 Å². The highest BCUT2D eigenvalue weighted by Crippen LogP contribution is 2.74. The standard InChI is InChI=1S/C22H29FO3/c1-19-8-3-4-15(19)16-6-5-13-10-14(24)11-21(9-7-17(21)25)20(13,2)22(16,23)18(26)12-19/h10,15-16,18,26H,3-9,11-12H2,1-2H3/t15-,16-,18-,19-,20+,21?,22-/m0/s1. The van der Waals surface area contributed by atoms with Crippen molar-refractivity contribution in [1.29, 1.82) is 0 Å². The molecule has 4 saturated carbocycles. The fraction of sp³-hybridized carbons (Fsp3) is 0.818. The summed E-state index contributed by atoms with van der Waals surface area (Å²) in [6.07, 6.45) is 6.74. The molecule has 142 valence electrons. The Balaban J connectivity index is 1.71. The average molecular weight is 360 g/mol. The van der Waals surface area contributed by atoms with Gasteiger partial charge in [-0.1, -0.05) is 25.8 Å². The SMILES string of the molecule is C[C@@]12CCC[C@H]1[C@@H]1CCC3=CC(=O)CC4(CCC4=O)[C@]3(C)[C@@]1(F)[C@@H](O)C2. The van der Waals surface area contributed by atoms with Crippen molar-refractivity contribution in [2.24, 2.45) is 28.1 Å². The molecule has 0 bridgehead atoms. The molecule has 0 aliphatic heterocycles. The van der Waals surface area contributed by atoms with Crippen LogP contribution in [0.2, 0.25) is 0 Å². The molecular formula is C22H29FO3. The molecule has 0 aromatic rings. The molecule has 4 fully saturated rings. The molecule has 5 aliphatic carbocycles. The maximum absolute atomic E-state index is 17.2. The number of hydrogen-bond acceptors (Lipinski definition) is 3. The Morgan fingerprint density at radius 1 is 1.12 bits per heavy atom. The first-order chi connectivity index (χ1) is 12.2. The highest BCUT2D eigenvalue weighted by atomic mass is 19.1. The van der Waals surface area contributed by atoms with Gasteiger partial charge in [0.15, 0.2) is 5.78 Å². The third-order valence-corrected chi connectivity index (χ3v) is 9.54. The van der Waals surface area contributed by atoms with E-state index in [1.807, 2.05) is 6.92 Å². The topological polar surface area (TPSA) is 54.4 Å². The number of aliphatic hydroxyl groups excluding tert-OH is 1. The Labute approximate surface area is 154 Å². The predicted octanol–water partition coefficient (Wildman–Crippen LogP) is 3.93. The van der Waals surface area contributed by atoms with Crippen LogP contribution >= 0.6 is 0 Å². The van der Waals surface area contributed by atoms with Gasteiger partial charge >= 0.3 is 0 Å². The number of rotatable bonds is 0. The van der Waals surface area contributed by atoms with Crippen molar-refractivity contribution < 1.29 is 19.1 Å². The molecule has 0 aromatic heterocycles. The van der Waals surface area contributed by atoms with E-state index in [0.29, 0.717) is 32.1 Å². The summed E-state index contributed by atoms with van der Waals surface area (Å²) in [5.41, 5.74) is -2.95. The number of carbonyl (C=O) groups excluding carboxylic acids is 2. The van der Waals surface area contributed by atoms with Crippen LogP contribution in [0.15, 0.2) is 11.6 Å². The maximum Gasteiger partial charge on any atom is 0.156 e. The lowest BCUT2D eigenvalue weighted by atomic mass is 9.35. The highest BCUT2D eigenvalue weighted by molar-refractivity contribution is 6.02. The molecule has 4 heteroatoms. The van der Waals surface area contributed by atoms with Gasteiger partial charge in [0.25, 0.3) is 0 Å². The summed E-state index contributed by atoms with van der Waals surface area (Å²) in [4.78, 5) is 25.2. The molecular weight excluding hydrogens is 331 g/mol. The quantitative estimate of drug-likeness (QED) is 0.712. The molecule has 3 nitrogen and oxygen atoms in total. The monoisotopic (exact) mass is 360 g/mol. The third kappa shape index (κ3) is 1.61. The van der Waals surface area contributed by atoms with E-state index in [0.717, 1.165) is 24.8 Å². The smallest absolute Gasteiger partial charge is 0.156 e. The first-order valence-electron chi connectivity index (χ1n) is 10.3. The first-order valence-corrected chi connectivity index (χ1v) is 10.3. The fourth-order valence-electron chi connectivity index (χ4n) is 8.11. The van der Waals surface area contributed by atoms with Crippen molar-refractivity contribution in [3.05, 3.63) is 11.6 Å². The third-order valence-electron chi connectivity index (χ3n) is 9.54. The van der Waals surface area contributed by atoms with Crippen molar-refractivity contribution >= 4 is 11.6 Å². The lowest BCUT2D eigenvalue weighted by Gasteiger charge is -2.68. The minimum Gasteiger partial charge on any atom is -0.390 e. The van der Waals surface area contributed by atoms with Crippen LogP contribution in [0.5, 0.6) is 0 Å². The Morgan fingerprint density at radius 2 is 1.88 bits per heavy atom. The second-order valence-corrected chi connectivity index (χ2v) is 10.2. The van der Waals surface area contributed by atoms with Crippen molar-refractivity contribution in [3.8, 4) is 0 Å². The second kappa shape index (κ2) is 4.87. The number of Topliss-reactive ketones (excluding diaryl/α,β-unsaturated/α-hetero) is 1. The summed E-state index contributed by atoms with van der Waals surface area (Å²) in [7, 11) is 0. The molecule has 1 unspecified atom stereocenters. The normalized spacial score (nSPS) is 55.7. The first kappa shape index (κ1) is 17.1. The molecule has 1 spiro atoms. The molecule has 5 rings (SSSR count). The molecule has 0 heterocycles. The summed E-state index contributed by atoms with van der Waals surface area (Å²) in [5.74, 6) is 0.0608. The molecule has 0 saturated heterocycles. The van der Waals surface area contributed by atoms with E-state index in [-0.39, 0.29) is 35.2 Å². The Morgan fingerprint density at radius 3 is 2.54 bits per heavy atom. The zero-order chi connectivity index (χ0) is 18.5. The zero-order valence-electron chi connectivity index (χ0n) is 15.8. The number of ketones is 2. The number of hydrogen-bond donors (Lipinski definition) is 1. The van der Waals surface area contributed by atoms with Gasteiger partial charge in [-0.15, -0.1) is 0 Å². The summed E-state index contributed by atoms with van der Waals surface area (Å²) >= 11 is 0. The van der Waals surface area contributed by atoms with Crippen molar-refractivity contribution in [1.82, 2.24) is 0 Å². The van der Waals surface area contributed by atoms with E-state index >= 15 is 4.39 Å². The Kier molecular flexibility index (Phi) is 3.20. The summed E-state index contributed by atoms with van der Waals surface area (Å²) in [5, 5.41) is 11.2. The minimum atomic E-state index is -1.80. The van der Waals surface area contributed by atoms with Gasteiger partial charge in [0.05, 0.1) is 6.10 Å². The number of fused-ring (bicyclic) bond motifs is 6. The van der Waals surface area contributed by atoms with Crippen LogP contribution in [0.4, 0.5) is 4.39 Å². The van der Waals surface area contributed by atoms with Gasteiger partial charge in [-0.2, -0.15) is 0 Å². The van der Waals surface area contributed by atoms with Crippen LogP contribution in [-0.4, -0.2) is 28.4 Å². The molecule has 0 amide bonds. The average Bonchev–Trinajstić information content (AvgIpc) is 2.96. The Hall–Kier alpha value is -1.03. The molecule has 0 aromatic carbocycles. The van der Waals surface area contributed by atoms with Crippen molar-refractivity contribution in [2.75, 3.05) is 0 Å². The zero-order valence-corrected chi connectivity index (χ0v) is 15.8. The minimum absolute atomic E-state index is 0.0124. The molecule has 5 aliphatic rings. The van der Waals surface area contributed by atoms with E-state index in [9.17, 15) is 14.7 Å². The number of carbonyl (C=O) groups is 2. The van der Waals surface area contributed by atoms with Crippen LogP contribution < -0.4 is 0 Å². The van der Waals surface area contributed by atoms with E-state index < -0.39 is 22.6 Å². The van der Waals surface area contributed by atoms with Gasteiger partial charge in [-0.05, 0) is 55.9 Å². The van der Waals surface area contributed by atoms with E-state index in [1.54, 1.807) is 6.08 Å². The van der Waals surface area contributed by atoms with Gasteiger partial charge in [0.2, 0.25) is 0 Å². The number of alkyl halides is 1. The van der Waals surface area contributed by atoms with Gasteiger partial charge in [-0.25, -0.2) is 4.39 Å². The van der Waals surface area contributed by atoms with Gasteiger partial charge in [0.1, 0.15) is 11.5 Å². The Bertz CT molecular complexity index is 744. The van der Waals surface area contributed by atoms with Crippen molar-refractivity contribution in [3.63, 3.8) is 0 Å². The van der Waals surface area contributed by atoms with Crippen LogP contribution in [0.25, 0.3) is 0 Å². The van der Waals surface area contributed by atoms with E-state index in [1.165, 1.54) is 0 Å².